The summed E-state index contributed by atoms with van der Waals surface area (Å²) in [5, 5.41) is 15.6. The van der Waals surface area contributed by atoms with Gasteiger partial charge in [-0.1, -0.05) is 49.2 Å². The number of likely N-dealkylation sites (tertiary alicyclic amines) is 1. The van der Waals surface area contributed by atoms with Gasteiger partial charge in [0.15, 0.2) is 6.61 Å². The van der Waals surface area contributed by atoms with Crippen molar-refractivity contribution in [2.24, 2.45) is 5.92 Å². The molecule has 1 aromatic heterocycles. The fourth-order valence-corrected chi connectivity index (χ4v) is 11.9. The van der Waals surface area contributed by atoms with Crippen LogP contribution in [0.1, 0.15) is 90.9 Å². The van der Waals surface area contributed by atoms with E-state index in [2.05, 4.69) is 21.0 Å². The molecule has 0 radical (unpaired) electrons. The molecule has 8 atom stereocenters. The second kappa shape index (κ2) is 18.1. The van der Waals surface area contributed by atoms with E-state index in [-0.39, 0.29) is 53.3 Å². The topological polar surface area (TPSA) is 167 Å². The number of amides is 3. The van der Waals surface area contributed by atoms with Crippen LogP contribution in [0.15, 0.2) is 54.6 Å². The van der Waals surface area contributed by atoms with E-state index in [1.165, 1.54) is 31.4 Å². The quantitative estimate of drug-likeness (QED) is 0.0735. The Morgan fingerprint density at radius 3 is 2.48 bits per heavy atom. The molecule has 0 bridgehead atoms. The van der Waals surface area contributed by atoms with E-state index in [9.17, 15) is 42.2 Å². The van der Waals surface area contributed by atoms with Crippen molar-refractivity contribution in [2.75, 3.05) is 33.5 Å². The SMILES string of the molecule is COCCOC(=O)[C@H](C)NP(=O)(OCC(F)(F)F)[C@@H](F)c1ccc2sc(C(=O)N[C@H]3CCCC[C@H]4CC[C@@H](C(=O)N5C[C@H](c6ccccc6)[C@@H](C#N)C56CC6)N4C3=O)cc2c1. The fourth-order valence-electron chi connectivity index (χ4n) is 9.10. The average molecular weight is 890 g/mol. The van der Waals surface area contributed by atoms with Gasteiger partial charge in [-0.3, -0.25) is 23.7 Å². The monoisotopic (exact) mass is 889 g/mol. The number of ether oxygens (including phenoxy) is 2. The molecule has 2 N–H and O–H groups in total. The number of benzene rings is 2. The number of hydrogen-bond acceptors (Lipinski definition) is 10. The summed E-state index contributed by atoms with van der Waals surface area (Å²) < 4.78 is 84.3. The number of hydrogen-bond donors (Lipinski definition) is 2. The van der Waals surface area contributed by atoms with E-state index < -0.39 is 61.8 Å². The number of methoxy groups -OCH3 is 1. The van der Waals surface area contributed by atoms with Gasteiger partial charge in [0.2, 0.25) is 17.7 Å². The van der Waals surface area contributed by atoms with Crippen molar-refractivity contribution in [3.63, 3.8) is 0 Å². The molecule has 19 heteroatoms. The fraction of sp³-hybridized carbons (Fsp3) is 0.548. The molecule has 1 unspecified atom stereocenters. The van der Waals surface area contributed by atoms with E-state index >= 15 is 4.39 Å². The maximum atomic E-state index is 16.1. The number of thiophene rings is 1. The smallest absolute Gasteiger partial charge is 0.412 e. The third-order valence-corrected chi connectivity index (χ3v) is 15.5. The molecular weight excluding hydrogens is 842 g/mol. The van der Waals surface area contributed by atoms with Gasteiger partial charge in [-0.2, -0.15) is 18.4 Å². The van der Waals surface area contributed by atoms with Gasteiger partial charge in [-0.25, -0.2) is 9.48 Å². The highest BCUT2D eigenvalue weighted by Crippen LogP contribution is 2.60. The van der Waals surface area contributed by atoms with Gasteiger partial charge < -0.3 is 29.1 Å². The molecule has 1 saturated carbocycles. The van der Waals surface area contributed by atoms with Crippen LogP contribution in [0.2, 0.25) is 0 Å². The maximum absolute atomic E-state index is 16.1. The Morgan fingerprint density at radius 1 is 1.05 bits per heavy atom. The molecular formula is C42H48F4N5O8PS. The van der Waals surface area contributed by atoms with Gasteiger partial charge in [-0.05, 0) is 80.2 Å². The number of carbonyl (C=O) groups is 4. The highest BCUT2D eigenvalue weighted by Gasteiger charge is 2.64. The first-order valence-corrected chi connectivity index (χ1v) is 22.9. The van der Waals surface area contributed by atoms with Crippen molar-refractivity contribution in [1.29, 1.82) is 5.26 Å². The number of nitrogens with zero attached hydrogens (tertiary/aromatic N) is 3. The second-order valence-corrected chi connectivity index (χ2v) is 19.5. The molecule has 2 aromatic carbocycles. The predicted molar refractivity (Wildman–Crippen MR) is 216 cm³/mol. The minimum absolute atomic E-state index is 0.0192. The lowest BCUT2D eigenvalue weighted by Crippen LogP contribution is -2.57. The van der Waals surface area contributed by atoms with Crippen LogP contribution in [0, 0.1) is 17.2 Å². The Kier molecular flexibility index (Phi) is 13.3. The second-order valence-electron chi connectivity index (χ2n) is 16.2. The molecule has 4 fully saturated rings. The molecule has 7 rings (SSSR count). The van der Waals surface area contributed by atoms with E-state index in [1.54, 1.807) is 4.90 Å². The number of rotatable bonds is 14. The number of alkyl halides is 4. The lowest BCUT2D eigenvalue weighted by atomic mass is 9.85. The third kappa shape index (κ3) is 9.37. The number of carbonyl (C=O) groups excluding carboxylic acids is 4. The van der Waals surface area contributed by atoms with Gasteiger partial charge in [0.25, 0.3) is 5.91 Å². The lowest BCUT2D eigenvalue weighted by Gasteiger charge is -2.37. The van der Waals surface area contributed by atoms with Crippen LogP contribution in [-0.2, 0) is 32.9 Å². The van der Waals surface area contributed by atoms with Crippen molar-refractivity contribution >= 4 is 52.6 Å². The standard InChI is InChI=1S/C42H48F4N5O8PS/c1-25(40(55)58-19-18-57-2)49-60(56,59-24-42(44,45)46)36(43)27-12-15-34-28(20-27)21-35(61-34)37(52)48-32-11-7-6-10-29-13-14-33(51(29)38(32)53)39(54)50-23-30(26-8-4-3-5-9-26)31(22-47)41(50)16-17-41/h3-5,8-9,12,15,20-21,25,29-33,36H,6-7,10-11,13-14,16-19,23-24H2,1-2H3,(H,48,52)(H,49,56)/t25-,29-,30+,31+,32-,33-,36+,60?/m0/s1. The minimum Gasteiger partial charge on any atom is -0.462 e. The molecule has 1 spiro atoms. The van der Waals surface area contributed by atoms with Crippen LogP contribution in [0.25, 0.3) is 10.1 Å². The highest BCUT2D eigenvalue weighted by atomic mass is 32.1. The molecule has 328 valence electrons. The zero-order valence-corrected chi connectivity index (χ0v) is 35.4. The van der Waals surface area contributed by atoms with Crippen LogP contribution >= 0.6 is 18.9 Å². The number of nitrogens with one attached hydrogen (secondary N) is 2. The highest BCUT2D eigenvalue weighted by molar-refractivity contribution is 7.57. The molecule has 13 nitrogen and oxygen atoms in total. The minimum atomic E-state index is -5.09. The van der Waals surface area contributed by atoms with Gasteiger partial charge in [-0.15, -0.1) is 11.3 Å². The molecule has 1 aliphatic carbocycles. The average Bonchev–Trinajstić information content (AvgIpc) is 3.56. The van der Waals surface area contributed by atoms with E-state index in [0.29, 0.717) is 42.3 Å². The molecule has 4 aliphatic rings. The predicted octanol–water partition coefficient (Wildman–Crippen LogP) is 7.14. The number of nitriles is 1. The number of halogens is 4. The third-order valence-electron chi connectivity index (χ3n) is 12.2. The van der Waals surface area contributed by atoms with Crippen LogP contribution in [-0.4, -0.2) is 103 Å². The van der Waals surface area contributed by atoms with Crippen molar-refractivity contribution < 1.29 is 55.3 Å². The first-order chi connectivity index (χ1) is 29.1. The summed E-state index contributed by atoms with van der Waals surface area (Å²) in [6.45, 7) is -0.711. The van der Waals surface area contributed by atoms with Gasteiger partial charge in [0, 0.05) is 30.3 Å². The van der Waals surface area contributed by atoms with Crippen molar-refractivity contribution in [3.05, 3.63) is 70.6 Å². The van der Waals surface area contributed by atoms with Gasteiger partial charge in [0.05, 0.1) is 29.0 Å². The lowest BCUT2D eigenvalue weighted by molar-refractivity contribution is -0.154. The summed E-state index contributed by atoms with van der Waals surface area (Å²) in [6.07, 6.45) is 0.114. The summed E-state index contributed by atoms with van der Waals surface area (Å²) in [4.78, 5) is 58.9. The summed E-state index contributed by atoms with van der Waals surface area (Å²) in [5.74, 6) is -5.29. The zero-order valence-electron chi connectivity index (χ0n) is 33.7. The Morgan fingerprint density at radius 2 is 1.79 bits per heavy atom. The first kappa shape index (κ1) is 44.6. The Balaban J connectivity index is 1.07. The van der Waals surface area contributed by atoms with E-state index in [1.807, 2.05) is 35.2 Å². The molecule has 3 aliphatic heterocycles. The van der Waals surface area contributed by atoms with Crippen LogP contribution in [0.4, 0.5) is 17.6 Å². The molecule has 3 saturated heterocycles. The normalized spacial score (nSPS) is 25.5. The molecule has 4 heterocycles. The summed E-state index contributed by atoms with van der Waals surface area (Å²) in [7, 11) is -3.73. The largest absolute Gasteiger partial charge is 0.462 e. The first-order valence-electron chi connectivity index (χ1n) is 20.4. The van der Waals surface area contributed by atoms with Gasteiger partial charge in [0.1, 0.15) is 24.7 Å². The van der Waals surface area contributed by atoms with Gasteiger partial charge >= 0.3 is 19.7 Å². The number of esters is 1. The van der Waals surface area contributed by atoms with Crippen molar-refractivity contribution in [1.82, 2.24) is 20.2 Å². The van der Waals surface area contributed by atoms with E-state index in [4.69, 9.17) is 9.47 Å². The maximum Gasteiger partial charge on any atom is 0.412 e. The van der Waals surface area contributed by atoms with Crippen LogP contribution in [0.5, 0.6) is 0 Å². The van der Waals surface area contributed by atoms with E-state index in [0.717, 1.165) is 49.5 Å². The van der Waals surface area contributed by atoms with Crippen molar-refractivity contribution in [3.8, 4) is 6.07 Å². The Hall–Kier alpha value is -4.40. The number of fused-ring (bicyclic) bond motifs is 2. The Bertz CT molecular complexity index is 2220. The zero-order chi connectivity index (χ0) is 43.7. The Labute approximate surface area is 354 Å². The molecule has 3 amide bonds. The summed E-state index contributed by atoms with van der Waals surface area (Å²) in [5.41, 5.74) is 0.109. The molecule has 3 aromatic rings. The van der Waals surface area contributed by atoms with Crippen molar-refractivity contribution in [2.45, 2.75) is 106 Å². The summed E-state index contributed by atoms with van der Waals surface area (Å²) >= 11 is 1.04. The van der Waals surface area contributed by atoms with Crippen LogP contribution < -0.4 is 10.4 Å². The van der Waals surface area contributed by atoms with Crippen LogP contribution in [0.3, 0.4) is 0 Å². The summed E-state index contributed by atoms with van der Waals surface area (Å²) in [6, 6.07) is 14.2. The molecule has 61 heavy (non-hydrogen) atoms.